The molecule has 0 atom stereocenters. The molecule has 7 aromatic rings. The Bertz CT molecular complexity index is 2920. The summed E-state index contributed by atoms with van der Waals surface area (Å²) in [4.78, 5) is 56.4. The lowest BCUT2D eigenvalue weighted by Gasteiger charge is -2.40. The number of carbonyl (C=O) groups is 2. The van der Waals surface area contributed by atoms with Crippen molar-refractivity contribution in [1.82, 2.24) is 34.0 Å². The minimum atomic E-state index is -10.1. The highest BCUT2D eigenvalue weighted by Gasteiger charge is 2.65. The average molecular weight is 884 g/mol. The van der Waals surface area contributed by atoms with E-state index in [1.807, 2.05) is 30.3 Å². The van der Waals surface area contributed by atoms with Crippen LogP contribution in [-0.4, -0.2) is 72.0 Å². The number of halogens is 6. The number of piperazine rings is 1. The zero-order valence-corrected chi connectivity index (χ0v) is 33.9. The molecule has 0 saturated carbocycles. The Hall–Kier alpha value is -6.54. The molecule has 21 heteroatoms. The number of furan rings is 1. The highest BCUT2D eigenvalue weighted by Crippen LogP contribution is 3.02. The van der Waals surface area contributed by atoms with Gasteiger partial charge in [0.25, 0.3) is 11.5 Å². The van der Waals surface area contributed by atoms with Gasteiger partial charge in [-0.25, -0.2) is 9.97 Å². The maximum Gasteiger partial charge on any atom is 0.310 e. The number of aryl methyl sites for hydroxylation is 1. The second-order valence-corrected chi connectivity index (χ2v) is 17.0. The van der Waals surface area contributed by atoms with Crippen molar-refractivity contribution in [3.63, 3.8) is 0 Å². The molecule has 0 bridgehead atoms. The number of rotatable bonds is 11. The number of benzene rings is 3. The Balaban J connectivity index is 1.11. The Morgan fingerprint density at radius 2 is 1.70 bits per heavy atom. The van der Waals surface area contributed by atoms with E-state index in [1.54, 1.807) is 47.9 Å². The van der Waals surface area contributed by atoms with Gasteiger partial charge in [0.15, 0.2) is 17.3 Å². The fraction of sp³-hybridized carbons (Fsp3) is 0.225. The third kappa shape index (κ3) is 8.32. The van der Waals surface area contributed by atoms with Gasteiger partial charge in [0, 0.05) is 37.1 Å². The molecule has 8 rings (SSSR count). The van der Waals surface area contributed by atoms with Crippen LogP contribution in [0.4, 0.5) is 30.8 Å². The average Bonchev–Trinajstić information content (AvgIpc) is 3.89. The van der Waals surface area contributed by atoms with Crippen molar-refractivity contribution in [3.8, 4) is 17.1 Å². The predicted molar refractivity (Wildman–Crippen MR) is 219 cm³/mol. The lowest BCUT2D eigenvalue weighted by atomic mass is 10.1. The summed E-state index contributed by atoms with van der Waals surface area (Å²) in [6, 6.07) is 17.2. The maximum atomic E-state index is 14.5. The molecule has 0 radical (unpaired) electrons. The zero-order chi connectivity index (χ0) is 43.3. The number of hydrogen-bond acceptors (Lipinski definition) is 10. The van der Waals surface area contributed by atoms with E-state index < -0.39 is 44.1 Å². The first-order valence-electron chi connectivity index (χ1n) is 18.7. The summed E-state index contributed by atoms with van der Waals surface area (Å²) in [5.41, 5.74) is 2.24. The van der Waals surface area contributed by atoms with Crippen molar-refractivity contribution in [1.29, 1.82) is 0 Å². The minimum absolute atomic E-state index is 0.0265. The van der Waals surface area contributed by atoms with E-state index >= 15 is 0 Å². The van der Waals surface area contributed by atoms with Gasteiger partial charge in [-0.3, -0.25) is 14.4 Å². The highest BCUT2D eigenvalue weighted by molar-refractivity contribution is 8.45. The van der Waals surface area contributed by atoms with Crippen LogP contribution in [0.2, 0.25) is 5.02 Å². The molecule has 1 fully saturated rings. The van der Waals surface area contributed by atoms with Gasteiger partial charge in [0.2, 0.25) is 11.7 Å². The predicted octanol–water partition coefficient (Wildman–Crippen LogP) is 8.46. The Kier molecular flexibility index (Phi) is 10.0. The van der Waals surface area contributed by atoms with E-state index in [4.69, 9.17) is 20.8 Å². The first-order valence-corrected chi connectivity index (χ1v) is 21.1. The molecule has 61 heavy (non-hydrogen) atoms. The van der Waals surface area contributed by atoms with Crippen LogP contribution in [0.5, 0.6) is 5.75 Å². The Labute approximate surface area is 348 Å². The van der Waals surface area contributed by atoms with Crippen molar-refractivity contribution in [2.24, 2.45) is 0 Å². The standard InChI is InChI=1S/C40H35ClF5N9O5S/c1-3-31-35(52-14-16-53(17-15-52)38(57)34-36(24(2)47-23-48-34)60-22-25-7-5-4-6-8-25)39(58)55-40(50-37(51-55)27-9-12-32-26(19-27)13-18-59-32)54(31)21-33(56)49-30-11-10-28(20-29(30)41)61(42,43,44,45)46/h4-13,18-20,23H,3,14-17,21-22H2,1-2H3,(H,49,56). The SMILES string of the molecule is CCc1c(N2CCN(C(=O)c3ncnc(C)c3OCc3ccccc3)CC2)c(=O)n2nc(-c3ccc4occc4c3)nc2n1CC(=O)Nc1ccc(S(F)(F)(F)(F)F)cc1Cl. The summed E-state index contributed by atoms with van der Waals surface area (Å²) in [5, 5.41) is 6.92. The minimum Gasteiger partial charge on any atom is -0.485 e. The summed E-state index contributed by atoms with van der Waals surface area (Å²) in [6.07, 6.45) is 3.00. The molecule has 1 aliphatic heterocycles. The monoisotopic (exact) mass is 883 g/mol. The zero-order valence-electron chi connectivity index (χ0n) is 32.3. The fourth-order valence-electron chi connectivity index (χ4n) is 7.13. The van der Waals surface area contributed by atoms with E-state index in [9.17, 15) is 33.8 Å². The van der Waals surface area contributed by atoms with Crippen molar-refractivity contribution < 1.29 is 38.2 Å². The molecular formula is C40H35ClF5N9O5S. The molecule has 3 aromatic carbocycles. The topological polar surface area (TPSA) is 153 Å². The second-order valence-electron chi connectivity index (χ2n) is 14.2. The number of aromatic nitrogens is 6. The molecule has 1 aliphatic rings. The summed E-state index contributed by atoms with van der Waals surface area (Å²) in [5.74, 6) is -0.843. The third-order valence-electron chi connectivity index (χ3n) is 10.1. The van der Waals surface area contributed by atoms with Crippen LogP contribution < -0.4 is 20.5 Å². The van der Waals surface area contributed by atoms with E-state index in [1.165, 1.54) is 17.2 Å². The number of anilines is 2. The molecule has 2 amide bonds. The summed E-state index contributed by atoms with van der Waals surface area (Å²) in [7, 11) is -10.1. The Morgan fingerprint density at radius 3 is 2.41 bits per heavy atom. The molecule has 4 aromatic heterocycles. The van der Waals surface area contributed by atoms with Gasteiger partial charge in [0.1, 0.15) is 35.6 Å². The van der Waals surface area contributed by atoms with Crippen molar-refractivity contribution >= 4 is 61.8 Å². The van der Waals surface area contributed by atoms with Gasteiger partial charge in [-0.15, -0.1) is 5.10 Å². The normalized spacial score (nSPS) is 14.6. The van der Waals surface area contributed by atoms with Crippen LogP contribution in [0.1, 0.15) is 34.4 Å². The first-order chi connectivity index (χ1) is 28.9. The molecule has 0 spiro atoms. The Morgan fingerprint density at radius 1 is 0.951 bits per heavy atom. The van der Waals surface area contributed by atoms with Gasteiger partial charge in [-0.1, -0.05) is 68.3 Å². The van der Waals surface area contributed by atoms with Crippen molar-refractivity contribution in [2.45, 2.75) is 38.3 Å². The van der Waals surface area contributed by atoms with Crippen LogP contribution >= 0.6 is 21.8 Å². The number of amides is 2. The molecule has 0 aliphatic carbocycles. The lowest BCUT2D eigenvalue weighted by Crippen LogP contribution is -2.51. The molecule has 1 N–H and O–H groups in total. The smallest absolute Gasteiger partial charge is 0.310 e. The maximum absolute atomic E-state index is 14.5. The van der Waals surface area contributed by atoms with Crippen LogP contribution in [0.15, 0.2) is 99.5 Å². The quantitative estimate of drug-likeness (QED) is 0.125. The van der Waals surface area contributed by atoms with Crippen LogP contribution in [-0.2, 0) is 24.4 Å². The summed E-state index contributed by atoms with van der Waals surface area (Å²) >= 11 is 5.98. The van der Waals surface area contributed by atoms with Crippen molar-refractivity contribution in [3.05, 3.63) is 123 Å². The number of carbonyl (C=O) groups excluding carboxylic acids is 2. The number of nitrogens with zero attached hydrogens (tertiary/aromatic N) is 8. The molecule has 14 nitrogen and oxygen atoms in total. The molecule has 0 unspecified atom stereocenters. The lowest BCUT2D eigenvalue weighted by molar-refractivity contribution is -0.116. The van der Waals surface area contributed by atoms with Crippen molar-refractivity contribution in [2.75, 3.05) is 36.4 Å². The summed E-state index contributed by atoms with van der Waals surface area (Å²) < 4.78 is 81.4. The van der Waals surface area contributed by atoms with Gasteiger partial charge in [-0.05, 0) is 61.4 Å². The van der Waals surface area contributed by atoms with E-state index in [-0.39, 0.29) is 85.8 Å². The largest absolute Gasteiger partial charge is 0.485 e. The van der Waals surface area contributed by atoms with Crippen LogP contribution in [0.25, 0.3) is 28.1 Å². The molecule has 1 saturated heterocycles. The summed E-state index contributed by atoms with van der Waals surface area (Å²) in [6.45, 7) is 3.83. The van der Waals surface area contributed by atoms with Crippen LogP contribution in [0, 0.1) is 6.92 Å². The number of ether oxygens (including phenoxy) is 1. The molecular weight excluding hydrogens is 849 g/mol. The molecule has 318 valence electrons. The molecule has 5 heterocycles. The van der Waals surface area contributed by atoms with Crippen LogP contribution in [0.3, 0.4) is 0 Å². The third-order valence-corrected chi connectivity index (χ3v) is 11.6. The number of hydrogen-bond donors (Lipinski definition) is 1. The van der Waals surface area contributed by atoms with E-state index in [2.05, 4.69) is 25.4 Å². The first kappa shape index (κ1) is 41.2. The van der Waals surface area contributed by atoms with E-state index in [0.717, 1.165) is 15.5 Å². The van der Waals surface area contributed by atoms with Gasteiger partial charge in [-0.2, -0.15) is 9.50 Å². The number of fused-ring (bicyclic) bond motifs is 2. The van der Waals surface area contributed by atoms with Gasteiger partial charge >= 0.3 is 10.2 Å². The van der Waals surface area contributed by atoms with Gasteiger partial charge < -0.3 is 28.8 Å². The van der Waals surface area contributed by atoms with Gasteiger partial charge in [0.05, 0.1) is 28.4 Å². The number of nitrogens with one attached hydrogen (secondary N) is 1. The van der Waals surface area contributed by atoms with E-state index in [0.29, 0.717) is 28.6 Å². The second kappa shape index (κ2) is 14.9. The fourth-order valence-corrected chi connectivity index (χ4v) is 8.09. The highest BCUT2D eigenvalue weighted by atomic mass is 35.5.